The van der Waals surface area contributed by atoms with Crippen LogP contribution in [0.3, 0.4) is 0 Å². The molecule has 0 aliphatic rings. The van der Waals surface area contributed by atoms with Gasteiger partial charge in [-0.1, -0.05) is 13.3 Å². The van der Waals surface area contributed by atoms with Crippen molar-refractivity contribution < 1.29 is 4.79 Å². The zero-order valence-corrected chi connectivity index (χ0v) is 16.3. The first-order valence-corrected chi connectivity index (χ1v) is 9.45. The van der Waals surface area contributed by atoms with Crippen LogP contribution in [0.4, 0.5) is 17.2 Å². The number of pyridine rings is 1. The minimum Gasteiger partial charge on any atom is -0.372 e. The fourth-order valence-corrected chi connectivity index (χ4v) is 2.83. The number of carbonyl (C=O) groups excluding carboxylic acids is 1. The van der Waals surface area contributed by atoms with Gasteiger partial charge in [0.25, 0.3) is 5.91 Å². The Morgan fingerprint density at radius 3 is 2.54 bits per heavy atom. The number of nitrogens with one attached hydrogen (secondary N) is 2. The van der Waals surface area contributed by atoms with Crippen molar-refractivity contribution in [3.8, 4) is 0 Å². The summed E-state index contributed by atoms with van der Waals surface area (Å²) in [4.78, 5) is 18.9. The summed E-state index contributed by atoms with van der Waals surface area (Å²) in [5, 5.41) is 6.26. The third-order valence-corrected chi connectivity index (χ3v) is 4.44. The first-order chi connectivity index (χ1) is 12.6. The lowest BCUT2D eigenvalue weighted by Crippen LogP contribution is -2.24. The molecule has 0 aliphatic carbocycles. The molecule has 1 heterocycles. The zero-order chi connectivity index (χ0) is 18.9. The monoisotopic (exact) mass is 354 g/mol. The summed E-state index contributed by atoms with van der Waals surface area (Å²) in [5.74, 6) is 0.615. The van der Waals surface area contributed by atoms with Gasteiger partial charge in [-0.25, -0.2) is 4.98 Å². The number of anilines is 3. The highest BCUT2D eigenvalue weighted by atomic mass is 16.1. The third-order valence-electron chi connectivity index (χ3n) is 4.44. The molecule has 0 unspecified atom stereocenters. The standard InChI is InChI=1S/C21H30N4O/c1-5-8-12-23-21(26)17-11-13-22-20(15-17)24-19-10-9-18(14-16(19)4)25(6-2)7-3/h9-11,13-15H,5-8,12H2,1-4H3,(H,22,24)(H,23,26). The molecule has 26 heavy (non-hydrogen) atoms. The molecule has 2 N–H and O–H groups in total. The summed E-state index contributed by atoms with van der Waals surface area (Å²) < 4.78 is 0. The van der Waals surface area contributed by atoms with E-state index < -0.39 is 0 Å². The molecule has 0 aliphatic heterocycles. The molecule has 5 nitrogen and oxygen atoms in total. The lowest BCUT2D eigenvalue weighted by Gasteiger charge is -2.22. The number of rotatable bonds is 9. The van der Waals surface area contributed by atoms with Crippen molar-refractivity contribution in [2.24, 2.45) is 0 Å². The van der Waals surface area contributed by atoms with Crippen LogP contribution in [-0.4, -0.2) is 30.5 Å². The van der Waals surface area contributed by atoms with Crippen LogP contribution in [0, 0.1) is 6.92 Å². The van der Waals surface area contributed by atoms with Gasteiger partial charge in [0.15, 0.2) is 0 Å². The lowest BCUT2D eigenvalue weighted by molar-refractivity contribution is 0.0953. The molecule has 0 atom stereocenters. The Labute approximate surface area is 156 Å². The van der Waals surface area contributed by atoms with Gasteiger partial charge in [-0.3, -0.25) is 4.79 Å². The normalized spacial score (nSPS) is 10.5. The molecule has 0 spiro atoms. The highest BCUT2D eigenvalue weighted by Crippen LogP contribution is 2.25. The van der Waals surface area contributed by atoms with Gasteiger partial charge in [0.1, 0.15) is 5.82 Å². The molecule has 1 amide bonds. The van der Waals surface area contributed by atoms with Crippen LogP contribution in [0.2, 0.25) is 0 Å². The van der Waals surface area contributed by atoms with Crippen molar-refractivity contribution in [3.63, 3.8) is 0 Å². The van der Waals surface area contributed by atoms with Crippen molar-refractivity contribution >= 4 is 23.1 Å². The van der Waals surface area contributed by atoms with Gasteiger partial charge in [0.05, 0.1) is 0 Å². The molecule has 0 saturated heterocycles. The van der Waals surface area contributed by atoms with Gasteiger partial charge in [-0.15, -0.1) is 0 Å². The number of amides is 1. The van der Waals surface area contributed by atoms with Gasteiger partial charge >= 0.3 is 0 Å². The topological polar surface area (TPSA) is 57.3 Å². The number of carbonyl (C=O) groups is 1. The van der Waals surface area contributed by atoms with Crippen LogP contribution in [0.25, 0.3) is 0 Å². The maximum Gasteiger partial charge on any atom is 0.251 e. The van der Waals surface area contributed by atoms with E-state index in [2.05, 4.69) is 66.4 Å². The van der Waals surface area contributed by atoms with Gasteiger partial charge in [-0.2, -0.15) is 0 Å². The van der Waals surface area contributed by atoms with E-state index in [0.29, 0.717) is 17.9 Å². The largest absolute Gasteiger partial charge is 0.372 e. The van der Waals surface area contributed by atoms with Crippen LogP contribution in [0.15, 0.2) is 36.5 Å². The van der Waals surface area contributed by atoms with E-state index in [-0.39, 0.29) is 5.91 Å². The number of unbranched alkanes of at least 4 members (excludes halogenated alkanes) is 1. The molecular weight excluding hydrogens is 324 g/mol. The Balaban J connectivity index is 2.11. The minimum atomic E-state index is -0.0579. The second-order valence-corrected chi connectivity index (χ2v) is 6.34. The van der Waals surface area contributed by atoms with E-state index >= 15 is 0 Å². The van der Waals surface area contributed by atoms with Crippen LogP contribution >= 0.6 is 0 Å². The van der Waals surface area contributed by atoms with Crippen LogP contribution in [0.5, 0.6) is 0 Å². The molecule has 5 heteroatoms. The van der Waals surface area contributed by atoms with Crippen molar-refractivity contribution in [3.05, 3.63) is 47.7 Å². The summed E-state index contributed by atoms with van der Waals surface area (Å²) in [5.41, 5.74) is 3.98. The van der Waals surface area contributed by atoms with E-state index in [0.717, 1.165) is 37.2 Å². The summed E-state index contributed by atoms with van der Waals surface area (Å²) in [6.07, 6.45) is 3.71. The molecular formula is C21H30N4O. The van der Waals surface area contributed by atoms with Crippen LogP contribution < -0.4 is 15.5 Å². The van der Waals surface area contributed by atoms with E-state index in [9.17, 15) is 4.79 Å². The third kappa shape index (κ3) is 5.22. The number of hydrogen-bond acceptors (Lipinski definition) is 4. The summed E-state index contributed by atoms with van der Waals surface area (Å²) in [6.45, 7) is 11.2. The maximum atomic E-state index is 12.2. The zero-order valence-electron chi connectivity index (χ0n) is 16.3. The SMILES string of the molecule is CCCCNC(=O)c1ccnc(Nc2ccc(N(CC)CC)cc2C)c1. The Hall–Kier alpha value is -2.56. The molecule has 140 valence electrons. The van der Waals surface area contributed by atoms with Crippen molar-refractivity contribution in [2.75, 3.05) is 29.9 Å². The van der Waals surface area contributed by atoms with Crippen molar-refractivity contribution in [1.29, 1.82) is 0 Å². The average Bonchev–Trinajstić information content (AvgIpc) is 2.65. The molecule has 2 rings (SSSR count). The molecule has 0 bridgehead atoms. The number of nitrogens with zero attached hydrogens (tertiary/aromatic N) is 2. The summed E-state index contributed by atoms with van der Waals surface area (Å²) in [7, 11) is 0. The number of aromatic nitrogens is 1. The number of aryl methyl sites for hydroxylation is 1. The molecule has 0 saturated carbocycles. The Morgan fingerprint density at radius 1 is 1.12 bits per heavy atom. The quantitative estimate of drug-likeness (QED) is 0.651. The second-order valence-electron chi connectivity index (χ2n) is 6.34. The van der Waals surface area contributed by atoms with Crippen LogP contribution in [0.1, 0.15) is 49.5 Å². The van der Waals surface area contributed by atoms with Gasteiger partial charge in [0.2, 0.25) is 0 Å². The maximum absolute atomic E-state index is 12.2. The molecule has 1 aromatic carbocycles. The fraction of sp³-hybridized carbons (Fsp3) is 0.429. The van der Waals surface area contributed by atoms with Gasteiger partial charge in [-0.05, 0) is 63.1 Å². The molecule has 0 radical (unpaired) electrons. The second kappa shape index (κ2) is 9.80. The first kappa shape index (κ1) is 19.8. The van der Waals surface area contributed by atoms with Crippen molar-refractivity contribution in [2.45, 2.75) is 40.5 Å². The average molecular weight is 354 g/mol. The van der Waals surface area contributed by atoms with E-state index in [4.69, 9.17) is 0 Å². The molecule has 0 fully saturated rings. The molecule has 1 aromatic heterocycles. The lowest BCUT2D eigenvalue weighted by atomic mass is 10.1. The van der Waals surface area contributed by atoms with Gasteiger partial charge < -0.3 is 15.5 Å². The first-order valence-electron chi connectivity index (χ1n) is 9.45. The highest BCUT2D eigenvalue weighted by Gasteiger charge is 2.09. The summed E-state index contributed by atoms with van der Waals surface area (Å²) >= 11 is 0. The molecule has 2 aromatic rings. The Bertz CT molecular complexity index is 726. The number of benzene rings is 1. The smallest absolute Gasteiger partial charge is 0.251 e. The Kier molecular flexibility index (Phi) is 7.45. The summed E-state index contributed by atoms with van der Waals surface area (Å²) in [6, 6.07) is 9.89. The van der Waals surface area contributed by atoms with E-state index in [1.807, 2.05) is 0 Å². The Morgan fingerprint density at radius 2 is 1.88 bits per heavy atom. The highest BCUT2D eigenvalue weighted by molar-refractivity contribution is 5.94. The predicted molar refractivity (Wildman–Crippen MR) is 110 cm³/mol. The predicted octanol–water partition coefficient (Wildman–Crippen LogP) is 4.51. The van der Waals surface area contributed by atoms with Crippen LogP contribution in [-0.2, 0) is 0 Å². The van der Waals surface area contributed by atoms with E-state index in [1.54, 1.807) is 18.3 Å². The fourth-order valence-electron chi connectivity index (χ4n) is 2.83. The minimum absolute atomic E-state index is 0.0579. The van der Waals surface area contributed by atoms with Crippen molar-refractivity contribution in [1.82, 2.24) is 10.3 Å². The number of hydrogen-bond donors (Lipinski definition) is 2. The van der Waals surface area contributed by atoms with Gasteiger partial charge in [0, 0.05) is 42.8 Å². The van der Waals surface area contributed by atoms with E-state index in [1.165, 1.54) is 5.69 Å².